The van der Waals surface area contributed by atoms with Crippen LogP contribution in [0.5, 0.6) is 0 Å². The molecule has 2 aromatic carbocycles. The van der Waals surface area contributed by atoms with Crippen molar-refractivity contribution in [1.29, 1.82) is 0 Å². The Labute approximate surface area is 266 Å². The first-order chi connectivity index (χ1) is 21.1. The molecule has 12 heteroatoms. The highest BCUT2D eigenvalue weighted by molar-refractivity contribution is 7.31. The van der Waals surface area contributed by atoms with Crippen molar-refractivity contribution >= 4 is 103 Å². The van der Waals surface area contributed by atoms with Crippen LogP contribution in [-0.4, -0.2) is 29.3 Å². The Morgan fingerprint density at radius 2 is 1.35 bits per heavy atom. The van der Waals surface area contributed by atoms with E-state index in [0.717, 1.165) is 65.0 Å². The van der Waals surface area contributed by atoms with Crippen LogP contribution in [0, 0.1) is 0 Å². The number of rotatable bonds is 12. The molecule has 4 heterocycles. The van der Waals surface area contributed by atoms with Crippen LogP contribution in [0.4, 0.5) is 32.3 Å². The monoisotopic (exact) mass is 642 g/mol. The third-order valence-electron chi connectivity index (χ3n) is 6.71. The molecular weight excluding hydrogens is 613 g/mol. The van der Waals surface area contributed by atoms with Crippen molar-refractivity contribution in [3.63, 3.8) is 0 Å². The molecule has 0 amide bonds. The third kappa shape index (κ3) is 7.27. The van der Waals surface area contributed by atoms with Gasteiger partial charge in [-0.3, -0.25) is 0 Å². The summed E-state index contributed by atoms with van der Waals surface area (Å²) in [6.07, 6.45) is 5.36. The summed E-state index contributed by atoms with van der Waals surface area (Å²) in [5.74, 6) is 0. The summed E-state index contributed by atoms with van der Waals surface area (Å²) < 4.78 is 2.13. The fourth-order valence-corrected chi connectivity index (χ4v) is 8.21. The lowest BCUT2D eigenvalue weighted by molar-refractivity contribution is 0.795. The van der Waals surface area contributed by atoms with Crippen LogP contribution in [0.1, 0.15) is 44.1 Å². The van der Waals surface area contributed by atoms with E-state index in [1.165, 1.54) is 46.8 Å². The van der Waals surface area contributed by atoms with Gasteiger partial charge in [0.2, 0.25) is 10.3 Å². The smallest absolute Gasteiger partial charge is 0.231 e. The van der Waals surface area contributed by atoms with Crippen LogP contribution in [0.2, 0.25) is 0 Å². The van der Waals surface area contributed by atoms with E-state index in [4.69, 9.17) is 0 Å². The zero-order chi connectivity index (χ0) is 29.6. The van der Waals surface area contributed by atoms with Crippen molar-refractivity contribution < 1.29 is 0 Å². The molecule has 0 unspecified atom stereocenters. The van der Waals surface area contributed by atoms with E-state index in [9.17, 15) is 0 Å². The molecule has 0 aliphatic rings. The van der Waals surface area contributed by atoms with Crippen molar-refractivity contribution in [2.75, 3.05) is 18.0 Å². The Balaban J connectivity index is 1.06. The number of benzene rings is 2. The van der Waals surface area contributed by atoms with Gasteiger partial charge in [-0.1, -0.05) is 59.5 Å². The molecule has 0 bridgehead atoms. The summed E-state index contributed by atoms with van der Waals surface area (Å²) >= 11 is 6.19. The molecule has 8 nitrogen and oxygen atoms in total. The lowest BCUT2D eigenvalue weighted by Crippen LogP contribution is -2.21. The van der Waals surface area contributed by atoms with Gasteiger partial charge in [0.05, 0.1) is 20.8 Å². The highest BCUT2D eigenvalue weighted by Gasteiger charge is 2.10. The van der Waals surface area contributed by atoms with Crippen LogP contribution < -0.4 is 4.90 Å². The third-order valence-corrected chi connectivity index (χ3v) is 10.6. The molecule has 0 saturated heterocycles. The SMILES string of the molecule is CCCCc1ccc(N=Nc2cc3sc(/N=C/c4cc5sc(N=Nc6ccc(N(CC)CC)cc6)nc5s4)nc3s2)cc1. The fraction of sp³-hybridized carbons (Fsp3) is 0.258. The maximum Gasteiger partial charge on any atom is 0.231 e. The summed E-state index contributed by atoms with van der Waals surface area (Å²) in [4.78, 5) is 19.1. The fourth-order valence-electron chi connectivity index (χ4n) is 4.42. The zero-order valence-electron chi connectivity index (χ0n) is 24.1. The summed E-state index contributed by atoms with van der Waals surface area (Å²) in [6.45, 7) is 8.48. The molecule has 0 atom stereocenters. The van der Waals surface area contributed by atoms with Crippen LogP contribution in [-0.2, 0) is 6.42 Å². The van der Waals surface area contributed by atoms with Crippen LogP contribution in [0.25, 0.3) is 19.1 Å². The minimum atomic E-state index is 0.648. The van der Waals surface area contributed by atoms with Crippen LogP contribution >= 0.6 is 45.3 Å². The van der Waals surface area contributed by atoms with Crippen LogP contribution in [0.3, 0.4) is 0 Å². The first-order valence-electron chi connectivity index (χ1n) is 14.2. The molecule has 43 heavy (non-hydrogen) atoms. The van der Waals surface area contributed by atoms with Crippen molar-refractivity contribution in [1.82, 2.24) is 9.97 Å². The number of anilines is 1. The van der Waals surface area contributed by atoms with Gasteiger partial charge in [-0.25, -0.2) is 15.0 Å². The first kappa shape index (κ1) is 29.4. The second kappa shape index (κ2) is 13.7. The van der Waals surface area contributed by atoms with E-state index in [2.05, 4.69) is 91.4 Å². The van der Waals surface area contributed by atoms with Gasteiger partial charge in [0.15, 0.2) is 0 Å². The zero-order valence-corrected chi connectivity index (χ0v) is 27.4. The van der Waals surface area contributed by atoms with E-state index in [-0.39, 0.29) is 0 Å². The largest absolute Gasteiger partial charge is 0.372 e. The number of azo groups is 2. The van der Waals surface area contributed by atoms with Gasteiger partial charge in [0.25, 0.3) is 0 Å². The van der Waals surface area contributed by atoms with E-state index < -0.39 is 0 Å². The van der Waals surface area contributed by atoms with Gasteiger partial charge in [0.1, 0.15) is 14.7 Å². The van der Waals surface area contributed by atoms with Crippen molar-refractivity contribution in [3.05, 3.63) is 71.1 Å². The molecule has 0 fully saturated rings. The second-order valence-electron chi connectivity index (χ2n) is 9.68. The molecular formula is C31H30N8S4. The standard InChI is InChI=1S/C31H30N8S4/c1-4-7-8-20-9-11-21(12-10-20)35-37-27-18-26-29(43-27)33-30(41-26)32-19-24-17-25-28(40-24)34-31(42-25)38-36-22-13-15-23(16-14-22)39(5-2)6-3/h9-19H,4-8H2,1-3H3/b32-19+,37-35?,38-36?. The molecule has 0 aliphatic carbocycles. The maximum absolute atomic E-state index is 4.68. The van der Waals surface area contributed by atoms with Crippen LogP contribution in [0.15, 0.2) is 86.1 Å². The maximum atomic E-state index is 4.68. The van der Waals surface area contributed by atoms with E-state index >= 15 is 0 Å². The quantitative estimate of drug-likeness (QED) is 0.0982. The van der Waals surface area contributed by atoms with Gasteiger partial charge in [-0.05, 0) is 80.8 Å². The Hall–Kier alpha value is -3.71. The number of aryl methyl sites for hydroxylation is 1. The molecule has 6 aromatic rings. The van der Waals surface area contributed by atoms with Gasteiger partial charge in [-0.15, -0.1) is 31.8 Å². The number of hydrogen-bond donors (Lipinski definition) is 0. The lowest BCUT2D eigenvalue weighted by atomic mass is 10.1. The predicted molar refractivity (Wildman–Crippen MR) is 186 cm³/mol. The average molecular weight is 643 g/mol. The Morgan fingerprint density at radius 1 is 0.698 bits per heavy atom. The van der Waals surface area contributed by atoms with Crippen molar-refractivity contribution in [2.45, 2.75) is 40.0 Å². The van der Waals surface area contributed by atoms with Gasteiger partial charge < -0.3 is 4.90 Å². The topological polar surface area (TPSA) is 90.8 Å². The van der Waals surface area contributed by atoms with E-state index in [1.807, 2.05) is 36.5 Å². The number of nitrogens with zero attached hydrogens (tertiary/aromatic N) is 8. The van der Waals surface area contributed by atoms with Gasteiger partial charge in [0, 0.05) is 29.9 Å². The number of hydrogen-bond acceptors (Lipinski definition) is 12. The molecule has 0 radical (unpaired) electrons. The number of aliphatic imine (C=N–C) groups is 1. The highest BCUT2D eigenvalue weighted by atomic mass is 32.1. The van der Waals surface area contributed by atoms with Crippen molar-refractivity contribution in [3.8, 4) is 0 Å². The van der Waals surface area contributed by atoms with Gasteiger partial charge >= 0.3 is 0 Å². The predicted octanol–water partition coefficient (Wildman–Crippen LogP) is 11.8. The molecule has 218 valence electrons. The number of thiophene rings is 2. The average Bonchev–Trinajstić information content (AvgIpc) is 3.78. The molecule has 0 spiro atoms. The number of fused-ring (bicyclic) bond motifs is 2. The Morgan fingerprint density at radius 3 is 2.05 bits per heavy atom. The minimum absolute atomic E-state index is 0.648. The minimum Gasteiger partial charge on any atom is -0.372 e. The number of aromatic nitrogens is 2. The molecule has 0 aliphatic heterocycles. The first-order valence-corrected chi connectivity index (χ1v) is 17.5. The Kier molecular flexibility index (Phi) is 9.37. The van der Waals surface area contributed by atoms with E-state index in [1.54, 1.807) is 22.7 Å². The molecule has 6 rings (SSSR count). The number of thiazole rings is 2. The summed E-state index contributed by atoms with van der Waals surface area (Å²) in [5.41, 5.74) is 4.20. The molecule has 0 saturated carbocycles. The molecule has 4 aromatic heterocycles. The normalized spacial score (nSPS) is 12.3. The lowest BCUT2D eigenvalue weighted by Gasteiger charge is -2.20. The summed E-state index contributed by atoms with van der Waals surface area (Å²) in [7, 11) is 0. The Bertz CT molecular complexity index is 1820. The van der Waals surface area contributed by atoms with Crippen molar-refractivity contribution in [2.24, 2.45) is 25.4 Å². The summed E-state index contributed by atoms with van der Waals surface area (Å²) in [6, 6.07) is 20.6. The summed E-state index contributed by atoms with van der Waals surface area (Å²) in [5, 5.41) is 19.8. The highest BCUT2D eigenvalue weighted by Crippen LogP contribution is 2.39. The van der Waals surface area contributed by atoms with E-state index in [0.29, 0.717) is 5.13 Å². The number of unbranched alkanes of at least 4 members (excludes halogenated alkanes) is 1. The van der Waals surface area contributed by atoms with Gasteiger partial charge in [-0.2, -0.15) is 0 Å². The molecule has 0 N–H and O–H groups in total. The second-order valence-corrected chi connectivity index (χ2v) is 13.8.